The lowest BCUT2D eigenvalue weighted by molar-refractivity contribution is -0.138. The van der Waals surface area contributed by atoms with E-state index in [0.29, 0.717) is 36.9 Å². The summed E-state index contributed by atoms with van der Waals surface area (Å²) in [6.07, 6.45) is 2.04. The van der Waals surface area contributed by atoms with Gasteiger partial charge in [-0.1, -0.05) is 47.5 Å². The fourth-order valence-electron chi connectivity index (χ4n) is 4.98. The largest absolute Gasteiger partial charge is 0.416 e. The fraction of sp³-hybridized carbons (Fsp3) is 0.370. The molecule has 190 valence electrons. The van der Waals surface area contributed by atoms with Crippen LogP contribution in [0.4, 0.5) is 13.2 Å². The van der Waals surface area contributed by atoms with E-state index >= 15 is 0 Å². The highest BCUT2D eigenvalue weighted by atomic mass is 35.5. The zero-order valence-electron chi connectivity index (χ0n) is 19.6. The smallest absolute Gasteiger partial charge is 0.303 e. The number of Topliss-reactive ketones (excluding diaryl/α,β-unsaturated/α-hetero) is 1. The molecule has 9 heteroatoms. The summed E-state index contributed by atoms with van der Waals surface area (Å²) in [6.45, 7) is 2.00. The van der Waals surface area contributed by atoms with Crippen molar-refractivity contribution in [3.8, 4) is 0 Å². The maximum absolute atomic E-state index is 13.4. The van der Waals surface area contributed by atoms with Crippen LogP contribution in [0.2, 0.25) is 10.3 Å². The Morgan fingerprint density at radius 3 is 2.36 bits per heavy atom. The molecule has 1 aliphatic heterocycles. The molecule has 0 spiro atoms. The van der Waals surface area contributed by atoms with E-state index in [2.05, 4.69) is 14.9 Å². The van der Waals surface area contributed by atoms with Gasteiger partial charge in [0.1, 0.15) is 10.3 Å². The molecule has 1 saturated heterocycles. The molecule has 0 bridgehead atoms. The average molecular weight is 536 g/mol. The number of hydrogen-bond donors (Lipinski definition) is 0. The summed E-state index contributed by atoms with van der Waals surface area (Å²) in [6, 6.07) is 12.7. The molecule has 3 aromatic rings. The predicted octanol–water partition coefficient (Wildman–Crippen LogP) is 7.04. The first-order chi connectivity index (χ1) is 17.2. The van der Waals surface area contributed by atoms with Gasteiger partial charge in [0.25, 0.3) is 0 Å². The molecular formula is C27H26Cl2F3N3O. The molecule has 3 heterocycles. The monoisotopic (exact) mass is 535 g/mol. The summed E-state index contributed by atoms with van der Waals surface area (Å²) in [5, 5.41) is 0.349. The number of hydrogen-bond acceptors (Lipinski definition) is 4. The molecule has 0 unspecified atom stereocenters. The van der Waals surface area contributed by atoms with Gasteiger partial charge >= 0.3 is 6.18 Å². The quantitative estimate of drug-likeness (QED) is 0.229. The number of halogens is 5. The Morgan fingerprint density at radius 2 is 1.72 bits per heavy atom. The molecule has 1 fully saturated rings. The molecule has 0 saturated carbocycles. The number of benzene rings is 1. The minimum Gasteiger partial charge on any atom is -0.303 e. The molecule has 1 aliphatic rings. The minimum atomic E-state index is -4.36. The first-order valence-electron chi connectivity index (χ1n) is 11.8. The van der Waals surface area contributed by atoms with E-state index in [-0.39, 0.29) is 21.5 Å². The number of piperidine rings is 1. The highest BCUT2D eigenvalue weighted by Gasteiger charge is 2.37. The van der Waals surface area contributed by atoms with Crippen LogP contribution in [0.5, 0.6) is 0 Å². The first-order valence-corrected chi connectivity index (χ1v) is 12.6. The van der Waals surface area contributed by atoms with E-state index < -0.39 is 11.7 Å². The number of aromatic nitrogens is 2. The van der Waals surface area contributed by atoms with Gasteiger partial charge < -0.3 is 4.90 Å². The number of pyridine rings is 2. The van der Waals surface area contributed by atoms with Gasteiger partial charge in [-0.3, -0.25) is 9.78 Å². The second-order valence-electron chi connectivity index (χ2n) is 9.19. The number of carbonyl (C=O) groups is 1. The number of nitrogens with zero attached hydrogens (tertiary/aromatic N) is 3. The van der Waals surface area contributed by atoms with E-state index in [0.717, 1.165) is 37.6 Å². The van der Waals surface area contributed by atoms with E-state index in [1.165, 1.54) is 18.2 Å². The molecular weight excluding hydrogens is 510 g/mol. The van der Waals surface area contributed by atoms with Crippen molar-refractivity contribution in [2.24, 2.45) is 0 Å². The molecule has 0 aliphatic carbocycles. The average Bonchev–Trinajstić information content (AvgIpc) is 2.86. The summed E-state index contributed by atoms with van der Waals surface area (Å²) in [5.41, 5.74) is 1.01. The summed E-state index contributed by atoms with van der Waals surface area (Å²) < 4.78 is 40.1. The van der Waals surface area contributed by atoms with Crippen molar-refractivity contribution in [1.29, 1.82) is 0 Å². The van der Waals surface area contributed by atoms with Crippen LogP contribution in [-0.4, -0.2) is 40.3 Å². The Hall–Kier alpha value is -2.48. The van der Waals surface area contributed by atoms with Crippen LogP contribution in [0.1, 0.15) is 52.7 Å². The highest BCUT2D eigenvalue weighted by molar-refractivity contribution is 6.33. The lowest BCUT2D eigenvalue weighted by Gasteiger charge is -2.42. The third-order valence-electron chi connectivity index (χ3n) is 7.02. The zero-order valence-corrected chi connectivity index (χ0v) is 21.1. The zero-order chi connectivity index (χ0) is 25.8. The number of ketones is 1. The van der Waals surface area contributed by atoms with Gasteiger partial charge in [0.15, 0.2) is 5.78 Å². The van der Waals surface area contributed by atoms with Gasteiger partial charge in [-0.15, -0.1) is 0 Å². The van der Waals surface area contributed by atoms with Crippen molar-refractivity contribution in [3.05, 3.63) is 93.5 Å². The van der Waals surface area contributed by atoms with Crippen LogP contribution < -0.4 is 0 Å². The molecule has 0 atom stereocenters. The van der Waals surface area contributed by atoms with Gasteiger partial charge in [0, 0.05) is 30.9 Å². The van der Waals surface area contributed by atoms with Crippen LogP contribution in [0.15, 0.2) is 60.9 Å². The maximum atomic E-state index is 13.4. The third-order valence-corrected chi connectivity index (χ3v) is 7.41. The Kier molecular flexibility index (Phi) is 8.33. The Bertz CT molecular complexity index is 1180. The van der Waals surface area contributed by atoms with E-state index in [1.807, 2.05) is 18.3 Å². The molecule has 36 heavy (non-hydrogen) atoms. The van der Waals surface area contributed by atoms with Crippen LogP contribution >= 0.6 is 23.2 Å². The standard InChI is InChI=1S/C27H26Cl2F3N3O/c28-24-16-20(17-25(29)34-24)23(36)7-9-26(21-5-3-12-33-18-21)10-14-35(15-11-26)13-8-19-4-1-2-6-22(19)27(30,31)32/h1-6,12,16-18H,7-11,13-15H2. The van der Waals surface area contributed by atoms with Crippen molar-refractivity contribution >= 4 is 29.0 Å². The van der Waals surface area contributed by atoms with Crippen molar-refractivity contribution in [1.82, 2.24) is 14.9 Å². The number of alkyl halides is 3. The topological polar surface area (TPSA) is 46.1 Å². The van der Waals surface area contributed by atoms with E-state index in [9.17, 15) is 18.0 Å². The summed E-state index contributed by atoms with van der Waals surface area (Å²) in [7, 11) is 0. The molecule has 1 aromatic carbocycles. The van der Waals surface area contributed by atoms with E-state index in [4.69, 9.17) is 23.2 Å². The van der Waals surface area contributed by atoms with Gasteiger partial charge in [-0.05, 0) is 79.6 Å². The number of likely N-dealkylation sites (tertiary alicyclic amines) is 1. The van der Waals surface area contributed by atoms with Crippen LogP contribution in [0.25, 0.3) is 0 Å². The van der Waals surface area contributed by atoms with Gasteiger partial charge in [-0.25, -0.2) is 4.98 Å². The predicted molar refractivity (Wildman–Crippen MR) is 135 cm³/mol. The summed E-state index contributed by atoms with van der Waals surface area (Å²) in [4.78, 5) is 23.3. The van der Waals surface area contributed by atoms with E-state index in [1.54, 1.807) is 18.3 Å². The van der Waals surface area contributed by atoms with Crippen LogP contribution in [0, 0.1) is 0 Å². The molecule has 2 aromatic heterocycles. The van der Waals surface area contributed by atoms with Gasteiger partial charge in [0.2, 0.25) is 0 Å². The molecule has 4 rings (SSSR count). The molecule has 0 radical (unpaired) electrons. The first kappa shape index (κ1) is 26.6. The van der Waals surface area contributed by atoms with Crippen molar-refractivity contribution in [2.75, 3.05) is 19.6 Å². The Morgan fingerprint density at radius 1 is 1.03 bits per heavy atom. The van der Waals surface area contributed by atoms with Crippen molar-refractivity contribution in [3.63, 3.8) is 0 Å². The lowest BCUT2D eigenvalue weighted by atomic mass is 9.69. The second-order valence-corrected chi connectivity index (χ2v) is 9.97. The second kappa shape index (κ2) is 11.3. The van der Waals surface area contributed by atoms with Crippen LogP contribution in [-0.2, 0) is 18.0 Å². The molecule has 0 N–H and O–H groups in total. The Balaban J connectivity index is 1.43. The van der Waals surface area contributed by atoms with Gasteiger partial charge in [0.05, 0.1) is 5.56 Å². The Labute approximate surface area is 218 Å². The van der Waals surface area contributed by atoms with Gasteiger partial charge in [-0.2, -0.15) is 13.2 Å². The summed E-state index contributed by atoms with van der Waals surface area (Å²) in [5.74, 6) is -0.0596. The van der Waals surface area contributed by atoms with Crippen molar-refractivity contribution in [2.45, 2.75) is 43.7 Å². The van der Waals surface area contributed by atoms with Crippen LogP contribution in [0.3, 0.4) is 0 Å². The highest BCUT2D eigenvalue weighted by Crippen LogP contribution is 2.40. The number of carbonyl (C=O) groups excluding carboxylic acids is 1. The lowest BCUT2D eigenvalue weighted by Crippen LogP contribution is -2.43. The third kappa shape index (κ3) is 6.44. The number of rotatable bonds is 8. The normalized spacial score (nSPS) is 16.1. The minimum absolute atomic E-state index is 0.0596. The molecule has 0 amide bonds. The fourth-order valence-corrected chi connectivity index (χ4v) is 5.44. The SMILES string of the molecule is O=C(CCC1(c2cccnc2)CCN(CCc2ccccc2C(F)(F)F)CC1)c1cc(Cl)nc(Cl)c1. The summed E-state index contributed by atoms with van der Waals surface area (Å²) >= 11 is 11.9. The van der Waals surface area contributed by atoms with Crippen molar-refractivity contribution < 1.29 is 18.0 Å². The maximum Gasteiger partial charge on any atom is 0.416 e. The molecule has 4 nitrogen and oxygen atoms in total.